The van der Waals surface area contributed by atoms with Gasteiger partial charge in [0.25, 0.3) is 0 Å². The normalized spacial score (nSPS) is 22.8. The Morgan fingerprint density at radius 2 is 1.94 bits per heavy atom. The van der Waals surface area contributed by atoms with Gasteiger partial charge in [0.2, 0.25) is 0 Å². The van der Waals surface area contributed by atoms with E-state index in [2.05, 4.69) is 52.4 Å². The Kier molecular flexibility index (Phi) is 3.50. The lowest BCUT2D eigenvalue weighted by molar-refractivity contribution is 0.370. The first-order valence-corrected chi connectivity index (χ1v) is 8.02. The lowest BCUT2D eigenvalue weighted by atomic mass is 9.98. The molecule has 0 aliphatic heterocycles. The Morgan fingerprint density at radius 1 is 1.28 bits per heavy atom. The maximum Gasteiger partial charge on any atom is 0.0317 e. The molecular formula is C16H22BrN. The van der Waals surface area contributed by atoms with Gasteiger partial charge in [-0.1, -0.05) is 35.0 Å². The van der Waals surface area contributed by atoms with Gasteiger partial charge in [0.05, 0.1) is 0 Å². The van der Waals surface area contributed by atoms with E-state index in [1.165, 1.54) is 44.2 Å². The van der Waals surface area contributed by atoms with Crippen molar-refractivity contribution >= 4 is 15.9 Å². The van der Waals surface area contributed by atoms with Gasteiger partial charge in [-0.2, -0.15) is 0 Å². The largest absolute Gasteiger partial charge is 0.309 e. The number of hydrogen-bond donors (Lipinski definition) is 1. The SMILES string of the molecule is CCC(NCC1(C2CC2)CC1)c1ccc(Br)cc1. The summed E-state index contributed by atoms with van der Waals surface area (Å²) >= 11 is 3.50. The molecule has 98 valence electrons. The number of nitrogens with one attached hydrogen (secondary N) is 1. The van der Waals surface area contributed by atoms with E-state index < -0.39 is 0 Å². The molecule has 1 aromatic carbocycles. The average Bonchev–Trinajstić information content (AvgIpc) is 3.25. The molecule has 1 N–H and O–H groups in total. The Morgan fingerprint density at radius 3 is 2.44 bits per heavy atom. The summed E-state index contributed by atoms with van der Waals surface area (Å²) in [4.78, 5) is 0. The van der Waals surface area contributed by atoms with Crippen LogP contribution in [0.25, 0.3) is 0 Å². The monoisotopic (exact) mass is 307 g/mol. The second-order valence-electron chi connectivity index (χ2n) is 6.03. The van der Waals surface area contributed by atoms with Crippen molar-refractivity contribution in [3.05, 3.63) is 34.3 Å². The molecule has 2 fully saturated rings. The predicted octanol–water partition coefficient (Wildman–Crippen LogP) is 4.68. The second-order valence-corrected chi connectivity index (χ2v) is 6.95. The van der Waals surface area contributed by atoms with Crippen LogP contribution >= 0.6 is 15.9 Å². The van der Waals surface area contributed by atoms with E-state index in [4.69, 9.17) is 0 Å². The van der Waals surface area contributed by atoms with E-state index >= 15 is 0 Å². The fraction of sp³-hybridized carbons (Fsp3) is 0.625. The highest BCUT2D eigenvalue weighted by atomic mass is 79.9. The van der Waals surface area contributed by atoms with Gasteiger partial charge in [0.15, 0.2) is 0 Å². The molecule has 1 aromatic rings. The van der Waals surface area contributed by atoms with Gasteiger partial charge in [-0.05, 0) is 61.1 Å². The lowest BCUT2D eigenvalue weighted by Crippen LogP contribution is -2.29. The molecule has 1 nitrogen and oxygen atoms in total. The molecule has 2 heteroatoms. The highest BCUT2D eigenvalue weighted by Crippen LogP contribution is 2.61. The minimum atomic E-state index is 0.523. The van der Waals surface area contributed by atoms with Crippen molar-refractivity contribution in [1.82, 2.24) is 5.32 Å². The number of halogens is 1. The zero-order valence-electron chi connectivity index (χ0n) is 11.1. The highest BCUT2D eigenvalue weighted by molar-refractivity contribution is 9.10. The van der Waals surface area contributed by atoms with Crippen molar-refractivity contribution in [2.24, 2.45) is 11.3 Å². The third kappa shape index (κ3) is 2.65. The van der Waals surface area contributed by atoms with Gasteiger partial charge in [-0.3, -0.25) is 0 Å². The van der Waals surface area contributed by atoms with Crippen LogP contribution in [-0.2, 0) is 0 Å². The molecule has 2 aliphatic carbocycles. The molecule has 0 spiro atoms. The topological polar surface area (TPSA) is 12.0 Å². The van der Waals surface area contributed by atoms with E-state index in [1.807, 2.05) is 0 Å². The van der Waals surface area contributed by atoms with Crippen LogP contribution < -0.4 is 5.32 Å². The molecule has 18 heavy (non-hydrogen) atoms. The van der Waals surface area contributed by atoms with Crippen LogP contribution in [0.5, 0.6) is 0 Å². The summed E-state index contributed by atoms with van der Waals surface area (Å²) in [5.74, 6) is 1.05. The van der Waals surface area contributed by atoms with Crippen LogP contribution in [0.1, 0.15) is 50.6 Å². The lowest BCUT2D eigenvalue weighted by Gasteiger charge is -2.22. The summed E-state index contributed by atoms with van der Waals surface area (Å²) < 4.78 is 1.16. The number of hydrogen-bond acceptors (Lipinski definition) is 1. The molecule has 0 saturated heterocycles. The van der Waals surface area contributed by atoms with Crippen molar-refractivity contribution in [3.8, 4) is 0 Å². The number of benzene rings is 1. The standard InChI is InChI=1S/C16H22BrN/c1-2-15(12-3-7-14(17)8-4-12)18-11-16(9-10-16)13-5-6-13/h3-4,7-8,13,15,18H,2,5-6,9-11H2,1H3. The summed E-state index contributed by atoms with van der Waals surface area (Å²) in [7, 11) is 0. The third-order valence-corrected chi connectivity index (χ3v) is 5.25. The van der Waals surface area contributed by atoms with E-state index in [-0.39, 0.29) is 0 Å². The highest BCUT2D eigenvalue weighted by Gasteiger charge is 2.53. The summed E-state index contributed by atoms with van der Waals surface area (Å²) in [6.45, 7) is 3.50. The number of rotatable bonds is 6. The van der Waals surface area contributed by atoms with Crippen molar-refractivity contribution in [1.29, 1.82) is 0 Å². The molecule has 0 radical (unpaired) electrons. The van der Waals surface area contributed by atoms with Crippen LogP contribution in [-0.4, -0.2) is 6.54 Å². The van der Waals surface area contributed by atoms with Crippen molar-refractivity contribution < 1.29 is 0 Å². The first kappa shape index (κ1) is 12.7. The molecule has 1 atom stereocenters. The molecule has 2 aliphatic rings. The Balaban J connectivity index is 1.60. The maximum atomic E-state index is 3.81. The van der Waals surface area contributed by atoms with Crippen LogP contribution in [0.2, 0.25) is 0 Å². The van der Waals surface area contributed by atoms with E-state index in [1.54, 1.807) is 0 Å². The van der Waals surface area contributed by atoms with Crippen molar-refractivity contribution in [2.75, 3.05) is 6.54 Å². The maximum absolute atomic E-state index is 3.81. The third-order valence-electron chi connectivity index (χ3n) is 4.72. The van der Waals surface area contributed by atoms with Gasteiger partial charge in [0, 0.05) is 17.1 Å². The van der Waals surface area contributed by atoms with Gasteiger partial charge < -0.3 is 5.32 Å². The molecule has 0 bridgehead atoms. The molecule has 0 aromatic heterocycles. The minimum Gasteiger partial charge on any atom is -0.309 e. The molecule has 0 heterocycles. The van der Waals surface area contributed by atoms with E-state index in [0.717, 1.165) is 10.4 Å². The smallest absolute Gasteiger partial charge is 0.0317 e. The Hall–Kier alpha value is -0.340. The van der Waals surface area contributed by atoms with Crippen LogP contribution in [0.3, 0.4) is 0 Å². The predicted molar refractivity (Wildman–Crippen MR) is 79.6 cm³/mol. The zero-order valence-corrected chi connectivity index (χ0v) is 12.7. The zero-order chi connectivity index (χ0) is 12.6. The van der Waals surface area contributed by atoms with E-state index in [9.17, 15) is 0 Å². The summed E-state index contributed by atoms with van der Waals surface area (Å²) in [5.41, 5.74) is 2.12. The van der Waals surface area contributed by atoms with Crippen LogP contribution in [0, 0.1) is 11.3 Å². The van der Waals surface area contributed by atoms with Crippen molar-refractivity contribution in [3.63, 3.8) is 0 Å². The Labute approximate surface area is 118 Å². The summed E-state index contributed by atoms with van der Waals surface area (Å²) in [6, 6.07) is 9.29. The quantitative estimate of drug-likeness (QED) is 0.804. The molecule has 3 rings (SSSR count). The first-order chi connectivity index (χ1) is 8.73. The second kappa shape index (κ2) is 4.97. The molecule has 1 unspecified atom stereocenters. The fourth-order valence-electron chi connectivity index (χ4n) is 3.11. The van der Waals surface area contributed by atoms with Crippen molar-refractivity contribution in [2.45, 2.75) is 45.1 Å². The molecule has 2 saturated carbocycles. The first-order valence-electron chi connectivity index (χ1n) is 7.22. The summed E-state index contributed by atoms with van der Waals surface area (Å²) in [5, 5.41) is 3.81. The molecular weight excluding hydrogens is 286 g/mol. The summed E-state index contributed by atoms with van der Waals surface area (Å²) in [6.07, 6.45) is 7.05. The Bertz CT molecular complexity index is 404. The van der Waals surface area contributed by atoms with Gasteiger partial charge in [-0.25, -0.2) is 0 Å². The van der Waals surface area contributed by atoms with Gasteiger partial charge >= 0.3 is 0 Å². The van der Waals surface area contributed by atoms with Gasteiger partial charge in [-0.15, -0.1) is 0 Å². The molecule has 0 amide bonds. The van der Waals surface area contributed by atoms with Crippen LogP contribution in [0.15, 0.2) is 28.7 Å². The average molecular weight is 308 g/mol. The fourth-order valence-corrected chi connectivity index (χ4v) is 3.37. The van der Waals surface area contributed by atoms with E-state index in [0.29, 0.717) is 11.5 Å². The minimum absolute atomic E-state index is 0.523. The van der Waals surface area contributed by atoms with Gasteiger partial charge in [0.1, 0.15) is 0 Å². The van der Waals surface area contributed by atoms with Crippen LogP contribution in [0.4, 0.5) is 0 Å².